The SMILES string of the molecule is CCCc1ccc(Nc2ncnc(NN)c2Br)cc1. The molecule has 0 aliphatic heterocycles. The Kier molecular flexibility index (Phi) is 4.70. The van der Waals surface area contributed by atoms with Crippen molar-refractivity contribution in [1.82, 2.24) is 9.97 Å². The summed E-state index contributed by atoms with van der Waals surface area (Å²) in [6.45, 7) is 2.17. The first-order chi connectivity index (χ1) is 9.24. The summed E-state index contributed by atoms with van der Waals surface area (Å²) >= 11 is 3.41. The number of nitrogens with zero attached hydrogens (tertiary/aromatic N) is 2. The van der Waals surface area contributed by atoms with Gasteiger partial charge in [0.1, 0.15) is 16.6 Å². The Morgan fingerprint density at radius 1 is 1.16 bits per heavy atom. The highest BCUT2D eigenvalue weighted by Crippen LogP contribution is 2.28. The molecule has 5 nitrogen and oxygen atoms in total. The quantitative estimate of drug-likeness (QED) is 0.582. The second-order valence-corrected chi connectivity index (χ2v) is 4.89. The average molecular weight is 322 g/mol. The minimum atomic E-state index is 0.542. The van der Waals surface area contributed by atoms with Crippen LogP contribution in [0.25, 0.3) is 0 Å². The monoisotopic (exact) mass is 321 g/mol. The molecule has 0 radical (unpaired) electrons. The van der Waals surface area contributed by atoms with Gasteiger partial charge in [-0.3, -0.25) is 0 Å². The fraction of sp³-hybridized carbons (Fsp3) is 0.231. The molecule has 0 atom stereocenters. The van der Waals surface area contributed by atoms with Crippen LogP contribution >= 0.6 is 15.9 Å². The zero-order valence-electron chi connectivity index (χ0n) is 10.7. The molecule has 0 aliphatic rings. The van der Waals surface area contributed by atoms with Crippen LogP contribution in [0.1, 0.15) is 18.9 Å². The van der Waals surface area contributed by atoms with Crippen LogP contribution in [0.3, 0.4) is 0 Å². The smallest absolute Gasteiger partial charge is 0.159 e. The van der Waals surface area contributed by atoms with Crippen molar-refractivity contribution in [3.8, 4) is 0 Å². The van der Waals surface area contributed by atoms with E-state index in [1.807, 2.05) is 12.1 Å². The zero-order valence-corrected chi connectivity index (χ0v) is 12.2. The summed E-state index contributed by atoms with van der Waals surface area (Å²) in [5.74, 6) is 6.58. The maximum absolute atomic E-state index is 5.37. The number of nitrogens with two attached hydrogens (primary N) is 1. The Morgan fingerprint density at radius 3 is 2.47 bits per heavy atom. The molecule has 0 unspecified atom stereocenters. The molecule has 4 N–H and O–H groups in total. The third-order valence-corrected chi connectivity index (χ3v) is 3.43. The van der Waals surface area contributed by atoms with E-state index in [0.29, 0.717) is 16.1 Å². The van der Waals surface area contributed by atoms with Gasteiger partial charge in [0, 0.05) is 5.69 Å². The van der Waals surface area contributed by atoms with Crippen LogP contribution in [0.15, 0.2) is 35.1 Å². The van der Waals surface area contributed by atoms with Gasteiger partial charge in [-0.05, 0) is 40.0 Å². The predicted molar refractivity (Wildman–Crippen MR) is 81.3 cm³/mol. The Labute approximate surface area is 120 Å². The molecule has 1 aromatic carbocycles. The molecule has 6 heteroatoms. The number of nitrogen functional groups attached to an aromatic ring is 1. The highest BCUT2D eigenvalue weighted by atomic mass is 79.9. The summed E-state index contributed by atoms with van der Waals surface area (Å²) in [7, 11) is 0. The number of rotatable bonds is 5. The molecule has 19 heavy (non-hydrogen) atoms. The summed E-state index contributed by atoms with van der Waals surface area (Å²) in [4.78, 5) is 8.18. The number of halogens is 1. The lowest BCUT2D eigenvalue weighted by molar-refractivity contribution is 0.922. The van der Waals surface area contributed by atoms with E-state index in [-0.39, 0.29) is 0 Å². The van der Waals surface area contributed by atoms with Gasteiger partial charge in [0.15, 0.2) is 5.82 Å². The molecule has 0 bridgehead atoms. The third-order valence-electron chi connectivity index (χ3n) is 2.68. The number of anilines is 3. The Balaban J connectivity index is 2.16. The van der Waals surface area contributed by atoms with Gasteiger partial charge < -0.3 is 10.7 Å². The van der Waals surface area contributed by atoms with Gasteiger partial charge in [0.25, 0.3) is 0 Å². The average Bonchev–Trinajstić information content (AvgIpc) is 2.43. The number of hydrogen-bond donors (Lipinski definition) is 3. The normalized spacial score (nSPS) is 10.3. The minimum Gasteiger partial charge on any atom is -0.339 e. The second-order valence-electron chi connectivity index (χ2n) is 4.10. The van der Waals surface area contributed by atoms with Crippen molar-refractivity contribution in [3.63, 3.8) is 0 Å². The number of hydrogen-bond acceptors (Lipinski definition) is 5. The van der Waals surface area contributed by atoms with Gasteiger partial charge in [0.05, 0.1) is 0 Å². The predicted octanol–water partition coefficient (Wildman–Crippen LogP) is 3.22. The highest BCUT2D eigenvalue weighted by Gasteiger charge is 2.07. The topological polar surface area (TPSA) is 75.9 Å². The molecule has 1 heterocycles. The molecule has 1 aromatic heterocycles. The molecule has 100 valence electrons. The highest BCUT2D eigenvalue weighted by molar-refractivity contribution is 9.10. The van der Waals surface area contributed by atoms with Crippen molar-refractivity contribution in [2.24, 2.45) is 5.84 Å². The van der Waals surface area contributed by atoms with Crippen LogP contribution in [0.2, 0.25) is 0 Å². The molecule has 2 rings (SSSR count). The molecular weight excluding hydrogens is 306 g/mol. The van der Waals surface area contributed by atoms with E-state index in [1.165, 1.54) is 11.9 Å². The standard InChI is InChI=1S/C13H16BrN5/c1-2-3-9-4-6-10(7-5-9)18-12-11(14)13(19-15)17-8-16-12/h4-8H,2-3,15H2,1H3,(H2,16,17,18,19). The van der Waals surface area contributed by atoms with E-state index < -0.39 is 0 Å². The Morgan fingerprint density at radius 2 is 1.84 bits per heavy atom. The lowest BCUT2D eigenvalue weighted by Crippen LogP contribution is -2.10. The van der Waals surface area contributed by atoms with E-state index in [0.717, 1.165) is 18.5 Å². The van der Waals surface area contributed by atoms with Crippen molar-refractivity contribution in [2.75, 3.05) is 10.7 Å². The van der Waals surface area contributed by atoms with Gasteiger partial charge in [-0.2, -0.15) is 0 Å². The Hall–Kier alpha value is -1.66. The van der Waals surface area contributed by atoms with E-state index in [1.54, 1.807) is 0 Å². The van der Waals surface area contributed by atoms with Crippen LogP contribution in [0.5, 0.6) is 0 Å². The van der Waals surface area contributed by atoms with Crippen LogP contribution in [-0.2, 0) is 6.42 Å². The van der Waals surface area contributed by atoms with Crippen LogP contribution in [-0.4, -0.2) is 9.97 Å². The maximum atomic E-state index is 5.37. The zero-order chi connectivity index (χ0) is 13.7. The van der Waals surface area contributed by atoms with Crippen molar-refractivity contribution in [1.29, 1.82) is 0 Å². The van der Waals surface area contributed by atoms with E-state index >= 15 is 0 Å². The molecule has 0 aliphatic carbocycles. The summed E-state index contributed by atoms with van der Waals surface area (Å²) in [6.07, 6.45) is 3.70. The second kappa shape index (κ2) is 6.49. The van der Waals surface area contributed by atoms with Gasteiger partial charge in [-0.1, -0.05) is 25.5 Å². The molecule has 2 aromatic rings. The minimum absolute atomic E-state index is 0.542. The fourth-order valence-electron chi connectivity index (χ4n) is 1.74. The molecule has 0 amide bonds. The molecule has 0 saturated carbocycles. The number of aromatic nitrogens is 2. The van der Waals surface area contributed by atoms with E-state index in [9.17, 15) is 0 Å². The fourth-order valence-corrected chi connectivity index (χ4v) is 2.16. The summed E-state index contributed by atoms with van der Waals surface area (Å²) in [5.41, 5.74) is 4.82. The first-order valence-corrected chi connectivity index (χ1v) is 6.87. The van der Waals surface area contributed by atoms with Crippen LogP contribution in [0.4, 0.5) is 17.3 Å². The summed E-state index contributed by atoms with van der Waals surface area (Å²) < 4.78 is 0.704. The first-order valence-electron chi connectivity index (χ1n) is 6.07. The maximum Gasteiger partial charge on any atom is 0.159 e. The number of nitrogens with one attached hydrogen (secondary N) is 2. The van der Waals surface area contributed by atoms with Crippen molar-refractivity contribution in [2.45, 2.75) is 19.8 Å². The Bertz CT molecular complexity index is 541. The van der Waals surface area contributed by atoms with Crippen LogP contribution < -0.4 is 16.6 Å². The van der Waals surface area contributed by atoms with E-state index in [4.69, 9.17) is 5.84 Å². The molecule has 0 fully saturated rings. The van der Waals surface area contributed by atoms with Crippen molar-refractivity contribution >= 4 is 33.3 Å². The van der Waals surface area contributed by atoms with Crippen molar-refractivity contribution in [3.05, 3.63) is 40.6 Å². The summed E-state index contributed by atoms with van der Waals surface area (Å²) in [6, 6.07) is 8.30. The van der Waals surface area contributed by atoms with Crippen LogP contribution in [0, 0.1) is 0 Å². The third kappa shape index (κ3) is 3.42. The van der Waals surface area contributed by atoms with Gasteiger partial charge in [-0.15, -0.1) is 0 Å². The molecular formula is C13H16BrN5. The van der Waals surface area contributed by atoms with Gasteiger partial charge >= 0.3 is 0 Å². The van der Waals surface area contributed by atoms with Gasteiger partial charge in [-0.25, -0.2) is 15.8 Å². The van der Waals surface area contributed by atoms with Gasteiger partial charge in [0.2, 0.25) is 0 Å². The lowest BCUT2D eigenvalue weighted by Gasteiger charge is -2.10. The van der Waals surface area contributed by atoms with Crippen molar-refractivity contribution < 1.29 is 0 Å². The molecule has 0 spiro atoms. The summed E-state index contributed by atoms with van der Waals surface area (Å²) in [5, 5.41) is 3.22. The first kappa shape index (κ1) is 13.8. The number of aryl methyl sites for hydroxylation is 1. The molecule has 0 saturated heterocycles. The number of benzene rings is 1. The van der Waals surface area contributed by atoms with E-state index in [2.05, 4.69) is 55.7 Å². The lowest BCUT2D eigenvalue weighted by atomic mass is 10.1. The number of hydrazine groups is 1. The largest absolute Gasteiger partial charge is 0.339 e.